The Hall–Kier alpha value is -3.57. The number of carbonyl (C=O) groups is 1. The summed E-state index contributed by atoms with van der Waals surface area (Å²) in [5.74, 6) is -0.326. The predicted octanol–water partition coefficient (Wildman–Crippen LogP) is 7.74. The maximum absolute atomic E-state index is 13.5. The fourth-order valence-electron chi connectivity index (χ4n) is 5.18. The molecule has 0 aromatic heterocycles. The number of aliphatic hydroxyl groups excluding tert-OH is 1. The largest absolute Gasteiger partial charge is 0.445 e. The molecule has 0 spiro atoms. The van der Waals surface area contributed by atoms with Crippen LogP contribution in [-0.2, 0) is 34.0 Å². The normalized spacial score (nSPS) is 22.1. The number of hydrogen-bond donors (Lipinski definition) is 1. The smallest absolute Gasteiger partial charge is 0.416 e. The Labute approximate surface area is 239 Å². The van der Waals surface area contributed by atoms with E-state index in [-0.39, 0.29) is 43.7 Å². The van der Waals surface area contributed by atoms with Crippen LogP contribution in [0.15, 0.2) is 78.9 Å². The topological polar surface area (TPSA) is 59.0 Å². The lowest BCUT2D eigenvalue weighted by atomic mass is 9.75. The van der Waals surface area contributed by atoms with Crippen molar-refractivity contribution in [1.82, 2.24) is 4.90 Å². The minimum Gasteiger partial charge on any atom is -0.445 e. The third-order valence-electron chi connectivity index (χ3n) is 7.59. The fraction of sp³-hybridized carbons (Fsp3) is 0.387. The highest BCUT2D eigenvalue weighted by molar-refractivity contribution is 5.69. The number of likely N-dealkylation sites (tertiary alicyclic amines) is 1. The van der Waals surface area contributed by atoms with E-state index in [1.54, 1.807) is 61.5 Å². The molecule has 3 aromatic rings. The van der Waals surface area contributed by atoms with Crippen molar-refractivity contribution in [2.24, 2.45) is 5.92 Å². The van der Waals surface area contributed by atoms with Gasteiger partial charge in [-0.1, -0.05) is 67.6 Å². The van der Waals surface area contributed by atoms with Crippen LogP contribution >= 0.6 is 0 Å². The zero-order valence-corrected chi connectivity index (χ0v) is 23.0. The zero-order valence-electron chi connectivity index (χ0n) is 23.0. The first-order valence-electron chi connectivity index (χ1n) is 13.3. The zero-order chi connectivity index (χ0) is 30.7. The van der Waals surface area contributed by atoms with Gasteiger partial charge in [0.2, 0.25) is 0 Å². The molecule has 4 rings (SSSR count). The molecule has 2 unspecified atom stereocenters. The molecular weight excluding hydrogens is 564 g/mol. The van der Waals surface area contributed by atoms with E-state index in [1.165, 1.54) is 11.8 Å². The summed E-state index contributed by atoms with van der Waals surface area (Å²) in [5.41, 5.74) is -3.09. The molecule has 1 aliphatic heterocycles. The average Bonchev–Trinajstić information content (AvgIpc) is 2.96. The quantitative estimate of drug-likeness (QED) is 0.284. The lowest BCUT2D eigenvalue weighted by Crippen LogP contribution is -2.60. The molecule has 0 saturated carbocycles. The number of alkyl halides is 6. The first-order valence-corrected chi connectivity index (χ1v) is 13.3. The van der Waals surface area contributed by atoms with E-state index in [1.807, 2.05) is 6.07 Å². The predicted molar refractivity (Wildman–Crippen MR) is 142 cm³/mol. The summed E-state index contributed by atoms with van der Waals surface area (Å²) >= 11 is 0. The second-order valence-electron chi connectivity index (χ2n) is 10.6. The van der Waals surface area contributed by atoms with Crippen molar-refractivity contribution in [2.45, 2.75) is 57.0 Å². The molecule has 1 N–H and O–H groups in total. The number of benzene rings is 3. The highest BCUT2D eigenvalue weighted by Gasteiger charge is 2.49. The van der Waals surface area contributed by atoms with E-state index >= 15 is 0 Å². The SMILES string of the molecule is CC1C[C@](CO[C@H](C)c2cc(C(F)(F)F)cc(C(F)(F)F)c2)(c2ccccc2)N(C(=O)OCc2ccccc2)CC1O. The van der Waals surface area contributed by atoms with E-state index in [4.69, 9.17) is 9.47 Å². The molecule has 42 heavy (non-hydrogen) atoms. The number of hydrogen-bond acceptors (Lipinski definition) is 4. The Morgan fingerprint density at radius 2 is 1.50 bits per heavy atom. The Balaban J connectivity index is 1.68. The molecule has 1 amide bonds. The summed E-state index contributed by atoms with van der Waals surface area (Å²) in [6.45, 7) is 2.69. The van der Waals surface area contributed by atoms with Gasteiger partial charge < -0.3 is 14.6 Å². The van der Waals surface area contributed by atoms with Gasteiger partial charge in [-0.3, -0.25) is 4.90 Å². The molecule has 1 saturated heterocycles. The van der Waals surface area contributed by atoms with Crippen LogP contribution in [0.4, 0.5) is 31.1 Å². The lowest BCUT2D eigenvalue weighted by molar-refractivity contribution is -0.143. The lowest BCUT2D eigenvalue weighted by Gasteiger charge is -2.50. The van der Waals surface area contributed by atoms with Gasteiger partial charge in [-0.25, -0.2) is 4.79 Å². The van der Waals surface area contributed by atoms with Crippen molar-refractivity contribution in [3.05, 3.63) is 107 Å². The van der Waals surface area contributed by atoms with Gasteiger partial charge in [0.05, 0.1) is 42.0 Å². The minimum absolute atomic E-state index is 0.0472. The number of piperidine rings is 1. The average molecular weight is 596 g/mol. The van der Waals surface area contributed by atoms with Crippen LogP contribution in [0.2, 0.25) is 0 Å². The molecule has 4 atom stereocenters. The maximum Gasteiger partial charge on any atom is 0.416 e. The molecule has 0 radical (unpaired) electrons. The third kappa shape index (κ3) is 7.07. The van der Waals surface area contributed by atoms with Crippen LogP contribution in [0.1, 0.15) is 54.2 Å². The van der Waals surface area contributed by atoms with Gasteiger partial charge >= 0.3 is 18.4 Å². The number of carbonyl (C=O) groups excluding carboxylic acids is 1. The number of amides is 1. The van der Waals surface area contributed by atoms with Crippen LogP contribution in [0.5, 0.6) is 0 Å². The van der Waals surface area contributed by atoms with Crippen molar-refractivity contribution in [2.75, 3.05) is 13.2 Å². The van der Waals surface area contributed by atoms with Gasteiger partial charge in [0.25, 0.3) is 0 Å². The van der Waals surface area contributed by atoms with E-state index in [0.717, 1.165) is 5.56 Å². The summed E-state index contributed by atoms with van der Waals surface area (Å²) in [4.78, 5) is 14.9. The number of rotatable bonds is 7. The summed E-state index contributed by atoms with van der Waals surface area (Å²) in [7, 11) is 0. The van der Waals surface area contributed by atoms with Gasteiger partial charge in [0.1, 0.15) is 6.61 Å². The summed E-state index contributed by atoms with van der Waals surface area (Å²) < 4.78 is 92.5. The van der Waals surface area contributed by atoms with Crippen LogP contribution < -0.4 is 0 Å². The van der Waals surface area contributed by atoms with Crippen LogP contribution in [0.25, 0.3) is 0 Å². The van der Waals surface area contributed by atoms with Gasteiger partial charge in [-0.05, 0) is 54.2 Å². The Morgan fingerprint density at radius 1 is 0.952 bits per heavy atom. The maximum atomic E-state index is 13.5. The molecule has 0 bridgehead atoms. The van der Waals surface area contributed by atoms with Crippen LogP contribution in [0, 0.1) is 5.92 Å². The van der Waals surface area contributed by atoms with Crippen molar-refractivity contribution < 1.29 is 45.7 Å². The number of ether oxygens (including phenoxy) is 2. The summed E-state index contributed by atoms with van der Waals surface area (Å²) in [6.07, 6.45) is -12.7. The Bertz CT molecular complexity index is 1320. The second kappa shape index (κ2) is 12.3. The Kier molecular flexibility index (Phi) is 9.22. The minimum atomic E-state index is -5.00. The van der Waals surface area contributed by atoms with Crippen molar-refractivity contribution in [3.63, 3.8) is 0 Å². The first kappa shape index (κ1) is 31.4. The third-order valence-corrected chi connectivity index (χ3v) is 7.59. The van der Waals surface area contributed by atoms with Crippen LogP contribution in [-0.4, -0.2) is 35.4 Å². The molecule has 1 heterocycles. The molecule has 3 aromatic carbocycles. The number of aliphatic hydroxyl groups is 1. The molecule has 226 valence electrons. The molecule has 0 aliphatic carbocycles. The van der Waals surface area contributed by atoms with Gasteiger partial charge in [-0.15, -0.1) is 0 Å². The first-order chi connectivity index (χ1) is 19.7. The summed E-state index contributed by atoms with van der Waals surface area (Å²) in [6, 6.07) is 19.0. The van der Waals surface area contributed by atoms with Gasteiger partial charge in [0.15, 0.2) is 0 Å². The molecule has 1 aliphatic rings. The van der Waals surface area contributed by atoms with Gasteiger partial charge in [0, 0.05) is 0 Å². The monoisotopic (exact) mass is 595 g/mol. The molecule has 1 fully saturated rings. The standard InChI is InChI=1S/C31H31F6NO4/c1-20-16-29(24-11-7-4-8-12-24,38(17-27(20)39)28(40)41-18-22-9-5-3-6-10-22)19-42-21(2)23-13-25(30(32,33)34)15-26(14-23)31(35,36)37/h3-15,20-21,27,39H,16-19H2,1-2H3/t20?,21-,27?,29+/m1/s1. The fourth-order valence-corrected chi connectivity index (χ4v) is 5.18. The number of β-amino-alcohol motifs (C(OH)–C–C–N with tert-alkyl or cyclic N) is 1. The van der Waals surface area contributed by atoms with E-state index in [0.29, 0.717) is 17.7 Å². The van der Waals surface area contributed by atoms with Crippen molar-refractivity contribution in [1.29, 1.82) is 0 Å². The van der Waals surface area contributed by atoms with Crippen molar-refractivity contribution >= 4 is 6.09 Å². The number of nitrogens with zero attached hydrogens (tertiary/aromatic N) is 1. The Morgan fingerprint density at radius 3 is 2.05 bits per heavy atom. The van der Waals surface area contributed by atoms with Gasteiger partial charge in [-0.2, -0.15) is 26.3 Å². The number of halogens is 6. The van der Waals surface area contributed by atoms with E-state index < -0.39 is 47.3 Å². The van der Waals surface area contributed by atoms with Crippen molar-refractivity contribution in [3.8, 4) is 0 Å². The second-order valence-corrected chi connectivity index (χ2v) is 10.6. The van der Waals surface area contributed by atoms with E-state index in [2.05, 4.69) is 0 Å². The molecular formula is C31H31F6NO4. The highest BCUT2D eigenvalue weighted by Crippen LogP contribution is 2.43. The highest BCUT2D eigenvalue weighted by atomic mass is 19.4. The molecule has 5 nitrogen and oxygen atoms in total. The van der Waals surface area contributed by atoms with E-state index in [9.17, 15) is 36.2 Å². The summed E-state index contributed by atoms with van der Waals surface area (Å²) in [5, 5.41) is 10.7. The van der Waals surface area contributed by atoms with Crippen LogP contribution in [0.3, 0.4) is 0 Å². The molecule has 11 heteroatoms.